The van der Waals surface area contributed by atoms with Crippen molar-refractivity contribution in [3.63, 3.8) is 0 Å². The minimum atomic E-state index is 0.394. The zero-order chi connectivity index (χ0) is 10.4. The Bertz CT molecular complexity index is 346. The summed E-state index contributed by atoms with van der Waals surface area (Å²) in [6, 6.07) is 7.18. The monoisotopic (exact) mass is 210 g/mol. The fraction of sp³-hybridized carbons (Fsp3) is 0.300. The van der Waals surface area contributed by atoms with Crippen molar-refractivity contribution in [2.45, 2.75) is 0 Å². The van der Waals surface area contributed by atoms with Gasteiger partial charge in [0, 0.05) is 6.54 Å². The predicted octanol–water partition coefficient (Wildman–Crippen LogP) is 1.81. The molecular weight excluding hydrogens is 200 g/mol. The minimum Gasteiger partial charge on any atom is -0.491 e. The van der Waals surface area contributed by atoms with Crippen LogP contribution in [0.25, 0.3) is 0 Å². The second kappa shape index (κ2) is 5.48. The molecule has 1 aromatic rings. The quantitative estimate of drug-likeness (QED) is 0.771. The Labute approximate surface area is 88.3 Å². The van der Waals surface area contributed by atoms with Crippen molar-refractivity contribution in [3.8, 4) is 11.8 Å². The summed E-state index contributed by atoms with van der Waals surface area (Å²) in [5.74, 6) is 0.537. The van der Waals surface area contributed by atoms with Crippen molar-refractivity contribution < 1.29 is 4.74 Å². The SMILES string of the molecule is CNCCOc1cccc(Cl)c1C#N. The molecule has 0 unspecified atom stereocenters. The molecule has 1 rings (SSSR count). The van der Waals surface area contributed by atoms with Crippen LogP contribution in [0.1, 0.15) is 5.56 Å². The molecule has 0 spiro atoms. The van der Waals surface area contributed by atoms with E-state index in [-0.39, 0.29) is 0 Å². The molecule has 0 aromatic heterocycles. The van der Waals surface area contributed by atoms with Gasteiger partial charge in [0.2, 0.25) is 0 Å². The van der Waals surface area contributed by atoms with E-state index in [1.54, 1.807) is 18.2 Å². The lowest BCUT2D eigenvalue weighted by Gasteiger charge is -2.07. The van der Waals surface area contributed by atoms with E-state index < -0.39 is 0 Å². The number of likely N-dealkylation sites (N-methyl/N-ethyl adjacent to an activating group) is 1. The molecule has 0 fully saturated rings. The zero-order valence-corrected chi connectivity index (χ0v) is 8.64. The molecule has 0 saturated carbocycles. The van der Waals surface area contributed by atoms with Crippen molar-refractivity contribution in [3.05, 3.63) is 28.8 Å². The van der Waals surface area contributed by atoms with Gasteiger partial charge in [0.05, 0.1) is 5.02 Å². The van der Waals surface area contributed by atoms with Gasteiger partial charge in [0.1, 0.15) is 24.0 Å². The summed E-state index contributed by atoms with van der Waals surface area (Å²) in [7, 11) is 1.84. The maximum Gasteiger partial charge on any atom is 0.138 e. The third-order valence-electron chi connectivity index (χ3n) is 1.70. The van der Waals surface area contributed by atoms with E-state index in [0.29, 0.717) is 22.9 Å². The van der Waals surface area contributed by atoms with Crippen LogP contribution in [0, 0.1) is 11.3 Å². The number of benzene rings is 1. The molecule has 0 amide bonds. The van der Waals surface area contributed by atoms with Gasteiger partial charge in [-0.2, -0.15) is 5.26 Å². The van der Waals surface area contributed by atoms with Crippen LogP contribution in [0.2, 0.25) is 5.02 Å². The molecule has 1 aromatic carbocycles. The van der Waals surface area contributed by atoms with E-state index in [4.69, 9.17) is 21.6 Å². The van der Waals surface area contributed by atoms with Crippen LogP contribution in [0.5, 0.6) is 5.75 Å². The Morgan fingerprint density at radius 2 is 2.36 bits per heavy atom. The molecule has 14 heavy (non-hydrogen) atoms. The van der Waals surface area contributed by atoms with E-state index in [1.165, 1.54) is 0 Å². The number of nitriles is 1. The van der Waals surface area contributed by atoms with Crippen molar-refractivity contribution in [2.75, 3.05) is 20.2 Å². The molecule has 0 radical (unpaired) electrons. The average molecular weight is 211 g/mol. The second-order valence-corrected chi connectivity index (χ2v) is 3.08. The Kier molecular flexibility index (Phi) is 4.24. The normalized spacial score (nSPS) is 9.50. The Hall–Kier alpha value is -1.24. The van der Waals surface area contributed by atoms with Crippen LogP contribution in [0.4, 0.5) is 0 Å². The Morgan fingerprint density at radius 1 is 1.57 bits per heavy atom. The molecule has 1 N–H and O–H groups in total. The summed E-state index contributed by atoms with van der Waals surface area (Å²) >= 11 is 5.82. The van der Waals surface area contributed by atoms with Crippen LogP contribution in [-0.4, -0.2) is 20.2 Å². The number of hydrogen-bond donors (Lipinski definition) is 1. The van der Waals surface area contributed by atoms with Gasteiger partial charge >= 0.3 is 0 Å². The number of hydrogen-bond acceptors (Lipinski definition) is 3. The smallest absolute Gasteiger partial charge is 0.138 e. The van der Waals surface area contributed by atoms with Gasteiger partial charge in [-0.15, -0.1) is 0 Å². The van der Waals surface area contributed by atoms with Crippen LogP contribution in [0.15, 0.2) is 18.2 Å². The van der Waals surface area contributed by atoms with E-state index in [1.807, 2.05) is 13.1 Å². The molecule has 0 bridgehead atoms. The maximum atomic E-state index is 8.83. The fourth-order valence-corrected chi connectivity index (χ4v) is 1.20. The summed E-state index contributed by atoms with van der Waals surface area (Å²) in [5.41, 5.74) is 0.394. The van der Waals surface area contributed by atoms with Gasteiger partial charge in [-0.3, -0.25) is 0 Å². The van der Waals surface area contributed by atoms with Crippen LogP contribution in [-0.2, 0) is 0 Å². The Morgan fingerprint density at radius 3 is 3.00 bits per heavy atom. The third-order valence-corrected chi connectivity index (χ3v) is 2.01. The molecular formula is C10H11ClN2O. The summed E-state index contributed by atoms with van der Waals surface area (Å²) in [5, 5.41) is 12.2. The predicted molar refractivity (Wildman–Crippen MR) is 55.6 cm³/mol. The summed E-state index contributed by atoms with van der Waals surface area (Å²) in [6.07, 6.45) is 0. The summed E-state index contributed by atoms with van der Waals surface area (Å²) in [4.78, 5) is 0. The van der Waals surface area contributed by atoms with Crippen LogP contribution in [0.3, 0.4) is 0 Å². The summed E-state index contributed by atoms with van der Waals surface area (Å²) < 4.78 is 5.38. The molecule has 0 saturated heterocycles. The molecule has 0 aliphatic rings. The standard InChI is InChI=1S/C10H11ClN2O/c1-13-5-6-14-10-4-2-3-9(11)8(10)7-12/h2-4,13H,5-6H2,1H3. The lowest BCUT2D eigenvalue weighted by atomic mass is 10.2. The highest BCUT2D eigenvalue weighted by molar-refractivity contribution is 6.31. The number of ether oxygens (including phenoxy) is 1. The van der Waals surface area contributed by atoms with E-state index in [0.717, 1.165) is 6.54 Å². The first-order valence-electron chi connectivity index (χ1n) is 4.25. The van der Waals surface area contributed by atoms with Crippen LogP contribution >= 0.6 is 11.6 Å². The number of nitrogens with zero attached hydrogens (tertiary/aromatic N) is 1. The van der Waals surface area contributed by atoms with Gasteiger partial charge < -0.3 is 10.1 Å². The first-order chi connectivity index (χ1) is 6.79. The highest BCUT2D eigenvalue weighted by atomic mass is 35.5. The lowest BCUT2D eigenvalue weighted by Crippen LogP contribution is -2.16. The van der Waals surface area contributed by atoms with E-state index >= 15 is 0 Å². The molecule has 4 heteroatoms. The lowest BCUT2D eigenvalue weighted by molar-refractivity contribution is 0.317. The number of rotatable bonds is 4. The van der Waals surface area contributed by atoms with Gasteiger partial charge in [-0.25, -0.2) is 0 Å². The number of halogens is 1. The second-order valence-electron chi connectivity index (χ2n) is 2.68. The highest BCUT2D eigenvalue weighted by Gasteiger charge is 2.06. The van der Waals surface area contributed by atoms with Crippen molar-refractivity contribution in [1.82, 2.24) is 5.32 Å². The van der Waals surface area contributed by atoms with Gasteiger partial charge in [-0.1, -0.05) is 17.7 Å². The fourth-order valence-electron chi connectivity index (χ4n) is 0.996. The molecule has 74 valence electrons. The van der Waals surface area contributed by atoms with Crippen molar-refractivity contribution in [1.29, 1.82) is 5.26 Å². The topological polar surface area (TPSA) is 45.0 Å². The van der Waals surface area contributed by atoms with Crippen LogP contribution < -0.4 is 10.1 Å². The number of nitrogens with one attached hydrogen (secondary N) is 1. The molecule has 0 heterocycles. The van der Waals surface area contributed by atoms with E-state index in [9.17, 15) is 0 Å². The summed E-state index contributed by atoms with van der Waals surface area (Å²) in [6.45, 7) is 1.25. The maximum absolute atomic E-state index is 8.83. The molecule has 0 aliphatic carbocycles. The molecule has 3 nitrogen and oxygen atoms in total. The van der Waals surface area contributed by atoms with Gasteiger partial charge in [0.25, 0.3) is 0 Å². The van der Waals surface area contributed by atoms with Gasteiger partial charge in [-0.05, 0) is 19.2 Å². The molecule has 0 atom stereocenters. The largest absolute Gasteiger partial charge is 0.491 e. The average Bonchev–Trinajstić information content (AvgIpc) is 2.18. The highest BCUT2D eigenvalue weighted by Crippen LogP contribution is 2.24. The molecule has 0 aliphatic heterocycles. The first-order valence-corrected chi connectivity index (χ1v) is 4.63. The zero-order valence-electron chi connectivity index (χ0n) is 7.88. The van der Waals surface area contributed by atoms with Crippen molar-refractivity contribution >= 4 is 11.6 Å². The Balaban J connectivity index is 2.76. The minimum absolute atomic E-state index is 0.394. The van der Waals surface area contributed by atoms with Gasteiger partial charge in [0.15, 0.2) is 0 Å². The third kappa shape index (κ3) is 2.63. The first kappa shape index (κ1) is 10.8. The van der Waals surface area contributed by atoms with Crippen molar-refractivity contribution in [2.24, 2.45) is 0 Å². The van der Waals surface area contributed by atoms with E-state index in [2.05, 4.69) is 5.32 Å².